The molecular weight excluding hydrogens is 184 g/mol. The highest BCUT2D eigenvalue weighted by Gasteiger charge is 2.62. The molecule has 0 amide bonds. The van der Waals surface area contributed by atoms with E-state index in [4.69, 9.17) is 14.2 Å². The van der Waals surface area contributed by atoms with E-state index < -0.39 is 12.1 Å². The molecule has 4 nitrogen and oxygen atoms in total. The first-order chi connectivity index (χ1) is 6.52. The first kappa shape index (κ1) is 9.09. The summed E-state index contributed by atoms with van der Waals surface area (Å²) in [5.74, 6) is -0.431. The molecule has 1 aliphatic carbocycles. The zero-order valence-corrected chi connectivity index (χ0v) is 8.64. The van der Waals surface area contributed by atoms with Crippen LogP contribution in [0.4, 0.5) is 0 Å². The van der Waals surface area contributed by atoms with E-state index in [1.54, 1.807) is 6.92 Å². The summed E-state index contributed by atoms with van der Waals surface area (Å²) < 4.78 is 16.9. The van der Waals surface area contributed by atoms with Crippen LogP contribution in [0.2, 0.25) is 0 Å². The molecule has 4 heteroatoms. The van der Waals surface area contributed by atoms with Crippen molar-refractivity contribution >= 4 is 0 Å². The molecule has 3 aliphatic heterocycles. The maximum atomic E-state index is 9.98. The average Bonchev–Trinajstić information content (AvgIpc) is 2.14. The maximum absolute atomic E-state index is 9.98. The van der Waals surface area contributed by atoms with Crippen molar-refractivity contribution in [2.45, 2.75) is 51.2 Å². The van der Waals surface area contributed by atoms with Crippen molar-refractivity contribution in [3.63, 3.8) is 0 Å². The topological polar surface area (TPSA) is 47.9 Å². The van der Waals surface area contributed by atoms with Gasteiger partial charge >= 0.3 is 0 Å². The molecule has 4 rings (SSSR count). The monoisotopic (exact) mass is 200 g/mol. The van der Waals surface area contributed by atoms with E-state index in [9.17, 15) is 5.11 Å². The van der Waals surface area contributed by atoms with Crippen LogP contribution >= 0.6 is 0 Å². The fraction of sp³-hybridized carbons (Fsp3) is 1.00. The van der Waals surface area contributed by atoms with Gasteiger partial charge in [0, 0.05) is 18.8 Å². The number of rotatable bonds is 0. The van der Waals surface area contributed by atoms with Crippen LogP contribution in [0.3, 0.4) is 0 Å². The lowest BCUT2D eigenvalue weighted by atomic mass is 9.73. The number of aliphatic hydroxyl groups excluding tert-OH is 1. The van der Waals surface area contributed by atoms with Gasteiger partial charge in [0.1, 0.15) is 6.10 Å². The average molecular weight is 200 g/mol. The highest BCUT2D eigenvalue weighted by Crippen LogP contribution is 2.49. The molecule has 1 N–H and O–H groups in total. The minimum Gasteiger partial charge on any atom is -0.388 e. The van der Waals surface area contributed by atoms with E-state index in [0.717, 1.165) is 0 Å². The molecule has 14 heavy (non-hydrogen) atoms. The Labute approximate surface area is 83.1 Å². The zero-order chi connectivity index (χ0) is 10.1. The van der Waals surface area contributed by atoms with Gasteiger partial charge in [-0.25, -0.2) is 0 Å². The molecular formula is C10H16O4. The van der Waals surface area contributed by atoms with Crippen LogP contribution < -0.4 is 0 Å². The van der Waals surface area contributed by atoms with Crippen LogP contribution in [0.25, 0.3) is 0 Å². The number of ether oxygens (including phenoxy) is 3. The Bertz CT molecular complexity index is 214. The smallest absolute Gasteiger partial charge is 0.280 e. The number of hydrogen-bond donors (Lipinski definition) is 1. The second-order valence-electron chi connectivity index (χ2n) is 4.82. The summed E-state index contributed by atoms with van der Waals surface area (Å²) in [5, 5.41) is 9.98. The highest BCUT2D eigenvalue weighted by molar-refractivity contribution is 5.03. The minimum atomic E-state index is -0.918. The van der Waals surface area contributed by atoms with Gasteiger partial charge in [0.15, 0.2) is 0 Å². The maximum Gasteiger partial charge on any atom is 0.280 e. The zero-order valence-electron chi connectivity index (χ0n) is 8.64. The Morgan fingerprint density at radius 1 is 0.929 bits per heavy atom. The van der Waals surface area contributed by atoms with Gasteiger partial charge in [-0.2, -0.15) is 0 Å². The lowest BCUT2D eigenvalue weighted by Gasteiger charge is -2.61. The van der Waals surface area contributed by atoms with Crippen LogP contribution in [0.15, 0.2) is 0 Å². The Kier molecular flexibility index (Phi) is 1.62. The molecule has 1 saturated carbocycles. The molecule has 0 radical (unpaired) electrons. The lowest BCUT2D eigenvalue weighted by molar-refractivity contribution is -0.523. The van der Waals surface area contributed by atoms with Crippen LogP contribution in [-0.4, -0.2) is 35.5 Å². The molecule has 4 bridgehead atoms. The molecule has 3 saturated heterocycles. The number of aliphatic hydroxyl groups is 1. The molecule has 0 aromatic rings. The summed E-state index contributed by atoms with van der Waals surface area (Å²) >= 11 is 0. The van der Waals surface area contributed by atoms with Gasteiger partial charge in [-0.1, -0.05) is 13.8 Å². The van der Waals surface area contributed by atoms with Gasteiger partial charge in [0.25, 0.3) is 5.97 Å². The predicted molar refractivity (Wildman–Crippen MR) is 47.4 cm³/mol. The second-order valence-corrected chi connectivity index (χ2v) is 4.82. The predicted octanol–water partition coefficient (Wildman–Crippen LogP) is 0.490. The normalized spacial score (nSPS) is 66.0. The fourth-order valence-corrected chi connectivity index (χ4v) is 3.06. The van der Waals surface area contributed by atoms with Crippen LogP contribution in [0, 0.1) is 11.8 Å². The molecule has 4 fully saturated rings. The SMILES string of the molecule is CC1C2OC3(C)OC1C(O)[C@@H](O3)C2C. The first-order valence-corrected chi connectivity index (χ1v) is 5.23. The van der Waals surface area contributed by atoms with E-state index in [-0.39, 0.29) is 30.1 Å². The van der Waals surface area contributed by atoms with E-state index in [1.807, 2.05) is 0 Å². The van der Waals surface area contributed by atoms with Crippen molar-refractivity contribution in [3.8, 4) is 0 Å². The summed E-state index contributed by atoms with van der Waals surface area (Å²) in [7, 11) is 0. The molecule has 80 valence electrons. The van der Waals surface area contributed by atoms with Crippen LogP contribution in [0.5, 0.6) is 0 Å². The van der Waals surface area contributed by atoms with Crippen molar-refractivity contribution in [1.82, 2.24) is 0 Å². The van der Waals surface area contributed by atoms with Crippen molar-refractivity contribution < 1.29 is 19.3 Å². The quantitative estimate of drug-likeness (QED) is 0.618. The fourth-order valence-electron chi connectivity index (χ4n) is 3.06. The third-order valence-electron chi connectivity index (χ3n) is 3.80. The molecule has 6 unspecified atom stereocenters. The minimum absolute atomic E-state index is 0.131. The molecule has 4 aliphatic rings. The Hall–Kier alpha value is -0.160. The van der Waals surface area contributed by atoms with Gasteiger partial charge in [-0.15, -0.1) is 0 Å². The Morgan fingerprint density at radius 3 is 1.86 bits per heavy atom. The summed E-state index contributed by atoms with van der Waals surface area (Å²) in [6, 6.07) is 0. The first-order valence-electron chi connectivity index (χ1n) is 5.23. The van der Waals surface area contributed by atoms with Crippen molar-refractivity contribution in [3.05, 3.63) is 0 Å². The van der Waals surface area contributed by atoms with Gasteiger partial charge in [-0.05, 0) is 0 Å². The molecule has 0 spiro atoms. The highest BCUT2D eigenvalue weighted by atomic mass is 16.9. The second kappa shape index (κ2) is 2.50. The largest absolute Gasteiger partial charge is 0.388 e. The van der Waals surface area contributed by atoms with Gasteiger partial charge in [0.2, 0.25) is 0 Å². The van der Waals surface area contributed by atoms with E-state index in [2.05, 4.69) is 13.8 Å². The van der Waals surface area contributed by atoms with Gasteiger partial charge < -0.3 is 19.3 Å². The standard InChI is InChI=1S/C10H16O4/c1-4-7-5(2)9-6(11)8(4)13-10(3,12-7)14-9/h4-9,11H,1-3H3/t4?,5?,6?,7?,8-,9?,10?/m0/s1. The summed E-state index contributed by atoms with van der Waals surface area (Å²) in [5.41, 5.74) is 0. The summed E-state index contributed by atoms with van der Waals surface area (Å²) in [4.78, 5) is 0. The van der Waals surface area contributed by atoms with Crippen LogP contribution in [-0.2, 0) is 14.2 Å². The molecule has 0 aromatic heterocycles. The van der Waals surface area contributed by atoms with E-state index in [0.29, 0.717) is 0 Å². The molecule has 7 atom stereocenters. The third-order valence-corrected chi connectivity index (χ3v) is 3.80. The van der Waals surface area contributed by atoms with E-state index >= 15 is 0 Å². The third kappa shape index (κ3) is 0.922. The molecule has 0 aromatic carbocycles. The van der Waals surface area contributed by atoms with E-state index in [1.165, 1.54) is 0 Å². The lowest BCUT2D eigenvalue weighted by Crippen LogP contribution is -2.73. The van der Waals surface area contributed by atoms with Crippen LogP contribution in [0.1, 0.15) is 20.8 Å². The Morgan fingerprint density at radius 2 is 1.36 bits per heavy atom. The van der Waals surface area contributed by atoms with Crippen molar-refractivity contribution in [2.24, 2.45) is 11.8 Å². The van der Waals surface area contributed by atoms with Crippen molar-refractivity contribution in [2.75, 3.05) is 0 Å². The summed E-state index contributed by atoms with van der Waals surface area (Å²) in [6.45, 7) is 5.91. The summed E-state index contributed by atoms with van der Waals surface area (Å²) in [6.07, 6.45) is -0.614. The number of hydrogen-bond acceptors (Lipinski definition) is 4. The van der Waals surface area contributed by atoms with Gasteiger partial charge in [0.05, 0.1) is 18.3 Å². The Balaban J connectivity index is 2.00. The van der Waals surface area contributed by atoms with Crippen molar-refractivity contribution in [1.29, 1.82) is 0 Å². The van der Waals surface area contributed by atoms with Gasteiger partial charge in [-0.3, -0.25) is 0 Å². The molecule has 3 heterocycles.